The average Bonchev–Trinajstić information content (AvgIpc) is 2.79. The number of amides is 3. The van der Waals surface area contributed by atoms with Crippen LogP contribution < -0.4 is 16.0 Å². The van der Waals surface area contributed by atoms with E-state index in [1.807, 2.05) is 6.07 Å². The largest absolute Gasteiger partial charge is 0.508 e. The summed E-state index contributed by atoms with van der Waals surface area (Å²) >= 11 is 0. The van der Waals surface area contributed by atoms with Gasteiger partial charge in [0.25, 0.3) is 0 Å². The number of carbonyl (C=O) groups excluding carboxylic acids is 3. The zero-order valence-electron chi connectivity index (χ0n) is 18.3. The third-order valence-electron chi connectivity index (χ3n) is 4.68. The van der Waals surface area contributed by atoms with Gasteiger partial charge in [0, 0.05) is 6.42 Å². The molecular formula is C23H27N3O7. The number of hydrogen-bond donors (Lipinski definition) is 5. The molecule has 0 spiro atoms. The molecule has 0 fully saturated rings. The lowest BCUT2D eigenvalue weighted by Gasteiger charge is -2.22. The fourth-order valence-corrected chi connectivity index (χ4v) is 2.76. The summed E-state index contributed by atoms with van der Waals surface area (Å²) in [6.45, 7) is 2.75. The topological polar surface area (TPSA) is 154 Å². The maximum absolute atomic E-state index is 12.6. The highest BCUT2D eigenvalue weighted by Gasteiger charge is 2.27. The Bertz CT molecular complexity index is 964. The van der Waals surface area contributed by atoms with Gasteiger partial charge in [-0.05, 0) is 37.1 Å². The van der Waals surface area contributed by atoms with Gasteiger partial charge in [0.05, 0.1) is 0 Å². The second-order valence-corrected chi connectivity index (χ2v) is 7.43. The number of carboxylic acids is 1. The predicted octanol–water partition coefficient (Wildman–Crippen LogP) is 1.32. The number of aliphatic carboxylic acids is 1. The zero-order valence-corrected chi connectivity index (χ0v) is 18.3. The first-order valence-corrected chi connectivity index (χ1v) is 10.2. The van der Waals surface area contributed by atoms with E-state index in [0.29, 0.717) is 5.56 Å². The van der Waals surface area contributed by atoms with Crippen molar-refractivity contribution in [1.82, 2.24) is 16.0 Å². The highest BCUT2D eigenvalue weighted by Crippen LogP contribution is 2.12. The van der Waals surface area contributed by atoms with Crippen molar-refractivity contribution < 1.29 is 34.1 Å². The molecule has 3 unspecified atom stereocenters. The normalized spacial score (nSPS) is 13.2. The van der Waals surface area contributed by atoms with Gasteiger partial charge in [-0.15, -0.1) is 0 Å². The Morgan fingerprint density at radius 2 is 1.45 bits per heavy atom. The highest BCUT2D eigenvalue weighted by atomic mass is 16.5. The van der Waals surface area contributed by atoms with Crippen molar-refractivity contribution >= 4 is 23.9 Å². The first-order chi connectivity index (χ1) is 15.7. The van der Waals surface area contributed by atoms with Crippen LogP contribution in [-0.2, 0) is 32.1 Å². The Kier molecular flexibility index (Phi) is 9.22. The number of carboxylic acid groups (broad SMARTS) is 1. The quantitative estimate of drug-likeness (QED) is 0.360. The Hall–Kier alpha value is -4.08. The van der Waals surface area contributed by atoms with Crippen LogP contribution in [0.5, 0.6) is 5.75 Å². The van der Waals surface area contributed by atoms with Gasteiger partial charge >= 0.3 is 12.1 Å². The summed E-state index contributed by atoms with van der Waals surface area (Å²) in [6.07, 6.45) is -0.768. The summed E-state index contributed by atoms with van der Waals surface area (Å²) in [7, 11) is 0. The molecular weight excluding hydrogens is 430 g/mol. The van der Waals surface area contributed by atoms with Crippen LogP contribution in [0.25, 0.3) is 0 Å². The minimum Gasteiger partial charge on any atom is -0.508 e. The van der Waals surface area contributed by atoms with Crippen molar-refractivity contribution in [3.05, 3.63) is 65.7 Å². The molecule has 2 aromatic rings. The van der Waals surface area contributed by atoms with Crippen molar-refractivity contribution in [2.45, 2.75) is 45.0 Å². The molecule has 0 saturated carbocycles. The maximum Gasteiger partial charge on any atom is 0.408 e. The summed E-state index contributed by atoms with van der Waals surface area (Å²) < 4.78 is 5.09. The Morgan fingerprint density at radius 1 is 0.818 bits per heavy atom. The third kappa shape index (κ3) is 8.52. The smallest absolute Gasteiger partial charge is 0.408 e. The summed E-state index contributed by atoms with van der Waals surface area (Å²) in [5, 5.41) is 25.7. The molecule has 0 aliphatic heterocycles. The van der Waals surface area contributed by atoms with Crippen molar-refractivity contribution in [2.24, 2.45) is 0 Å². The summed E-state index contributed by atoms with van der Waals surface area (Å²) in [5.41, 5.74) is 1.40. The van der Waals surface area contributed by atoms with E-state index < -0.39 is 42.0 Å². The number of phenolic OH excluding ortho intramolecular Hbond substituents is 1. The van der Waals surface area contributed by atoms with Crippen molar-refractivity contribution in [3.8, 4) is 5.75 Å². The van der Waals surface area contributed by atoms with Crippen LogP contribution in [0.1, 0.15) is 25.0 Å². The van der Waals surface area contributed by atoms with E-state index in [0.717, 1.165) is 5.56 Å². The highest BCUT2D eigenvalue weighted by molar-refractivity contribution is 5.92. The Labute approximate surface area is 191 Å². The summed E-state index contributed by atoms with van der Waals surface area (Å²) in [5.74, 6) is -2.55. The number of phenols is 1. The van der Waals surface area contributed by atoms with Gasteiger partial charge in [0.15, 0.2) is 0 Å². The lowest BCUT2D eigenvalue weighted by molar-refractivity contribution is -0.141. The minimum atomic E-state index is -1.23. The molecule has 5 N–H and O–H groups in total. The van der Waals surface area contributed by atoms with Crippen LogP contribution in [0.15, 0.2) is 54.6 Å². The third-order valence-corrected chi connectivity index (χ3v) is 4.68. The number of hydrogen-bond acceptors (Lipinski definition) is 6. The van der Waals surface area contributed by atoms with Gasteiger partial charge in [0.2, 0.25) is 11.8 Å². The molecule has 176 valence electrons. The zero-order chi connectivity index (χ0) is 24.4. The number of benzene rings is 2. The fourth-order valence-electron chi connectivity index (χ4n) is 2.76. The van der Waals surface area contributed by atoms with Gasteiger partial charge in [-0.25, -0.2) is 4.79 Å². The fraction of sp³-hybridized carbons (Fsp3) is 0.304. The summed E-state index contributed by atoms with van der Waals surface area (Å²) in [6, 6.07) is 11.7. The molecule has 0 aliphatic carbocycles. The molecule has 0 radical (unpaired) electrons. The molecule has 3 amide bonds. The number of alkyl carbamates (subject to hydrolysis) is 1. The van der Waals surface area contributed by atoms with E-state index in [2.05, 4.69) is 16.0 Å². The van der Waals surface area contributed by atoms with E-state index in [1.165, 1.54) is 26.0 Å². The second-order valence-electron chi connectivity index (χ2n) is 7.43. The molecule has 2 aromatic carbocycles. The van der Waals surface area contributed by atoms with Crippen LogP contribution in [-0.4, -0.2) is 52.2 Å². The first-order valence-electron chi connectivity index (χ1n) is 10.2. The maximum atomic E-state index is 12.6. The molecule has 0 aliphatic rings. The van der Waals surface area contributed by atoms with Gasteiger partial charge < -0.3 is 30.9 Å². The van der Waals surface area contributed by atoms with Crippen molar-refractivity contribution in [1.29, 1.82) is 0 Å². The molecule has 10 nitrogen and oxygen atoms in total. The predicted molar refractivity (Wildman–Crippen MR) is 118 cm³/mol. The van der Waals surface area contributed by atoms with Crippen molar-refractivity contribution in [3.63, 3.8) is 0 Å². The first kappa shape index (κ1) is 25.2. The van der Waals surface area contributed by atoms with Crippen molar-refractivity contribution in [2.75, 3.05) is 0 Å². The Morgan fingerprint density at radius 3 is 2.06 bits per heavy atom. The Balaban J connectivity index is 1.99. The van der Waals surface area contributed by atoms with E-state index in [4.69, 9.17) is 9.84 Å². The van der Waals surface area contributed by atoms with Crippen LogP contribution in [0.4, 0.5) is 4.79 Å². The molecule has 2 rings (SSSR count). The number of carbonyl (C=O) groups is 4. The monoisotopic (exact) mass is 457 g/mol. The molecule has 3 atom stereocenters. The number of rotatable bonds is 10. The summed E-state index contributed by atoms with van der Waals surface area (Å²) in [4.78, 5) is 48.3. The average molecular weight is 457 g/mol. The molecule has 0 saturated heterocycles. The van der Waals surface area contributed by atoms with Crippen LogP contribution >= 0.6 is 0 Å². The van der Waals surface area contributed by atoms with Crippen LogP contribution in [0.3, 0.4) is 0 Å². The molecule has 0 aromatic heterocycles. The molecule has 0 heterocycles. The minimum absolute atomic E-state index is 0.0278. The van der Waals surface area contributed by atoms with Gasteiger partial charge in [-0.1, -0.05) is 42.5 Å². The standard InChI is InChI=1S/C23H27N3O7/c1-14(25-23(32)33-13-17-6-4-3-5-7-17)20(28)26-19(21(29)24-15(2)22(30)31)12-16-8-10-18(27)11-9-16/h3-11,14-15,19,27H,12-13H2,1-2H3,(H,24,29)(H,25,32)(H,26,28)(H,30,31). The second kappa shape index (κ2) is 12.1. The van der Waals surface area contributed by atoms with Gasteiger partial charge in [-0.3, -0.25) is 14.4 Å². The number of aromatic hydroxyl groups is 1. The molecule has 0 bridgehead atoms. The van der Waals surface area contributed by atoms with Crippen LogP contribution in [0.2, 0.25) is 0 Å². The molecule has 33 heavy (non-hydrogen) atoms. The molecule has 10 heteroatoms. The lowest BCUT2D eigenvalue weighted by Crippen LogP contribution is -2.55. The van der Waals surface area contributed by atoms with Gasteiger partial charge in [-0.2, -0.15) is 0 Å². The van der Waals surface area contributed by atoms with Crippen LogP contribution in [0, 0.1) is 0 Å². The number of ether oxygens (including phenoxy) is 1. The SMILES string of the molecule is CC(NC(=O)C(Cc1ccc(O)cc1)NC(=O)C(C)NC(=O)OCc1ccccc1)C(=O)O. The van der Waals surface area contributed by atoms with E-state index >= 15 is 0 Å². The van der Waals surface area contributed by atoms with E-state index in [1.54, 1.807) is 36.4 Å². The number of nitrogens with one attached hydrogen (secondary N) is 3. The van der Waals surface area contributed by atoms with Gasteiger partial charge in [0.1, 0.15) is 30.5 Å². The van der Waals surface area contributed by atoms with E-state index in [-0.39, 0.29) is 18.8 Å². The lowest BCUT2D eigenvalue weighted by atomic mass is 10.0. The van der Waals surface area contributed by atoms with E-state index in [9.17, 15) is 24.3 Å².